The molecule has 0 spiro atoms. The van der Waals surface area contributed by atoms with Crippen molar-refractivity contribution in [3.8, 4) is 0 Å². The largest absolute Gasteiger partial charge is 0.376 e. The third-order valence-corrected chi connectivity index (χ3v) is 6.33. The number of amides is 1. The standard InChI is InChI=1S/C20H27N3O2S/c24-20(18-11-21-22-19(18)16-5-2-1-3-6-16)23(12-15-8-10-26-14-15)13-17-7-4-9-25-17/h8,10-11,14,16-17H,1-7,9,12-13H2,(H,21,22)/t17-/m1/s1. The number of nitrogens with zero attached hydrogens (tertiary/aromatic N) is 2. The molecule has 2 aliphatic rings. The third-order valence-electron chi connectivity index (χ3n) is 5.60. The van der Waals surface area contributed by atoms with Crippen LogP contribution in [0.2, 0.25) is 0 Å². The number of thiophene rings is 1. The highest BCUT2D eigenvalue weighted by molar-refractivity contribution is 7.07. The van der Waals surface area contributed by atoms with E-state index < -0.39 is 0 Å². The Hall–Kier alpha value is -1.66. The summed E-state index contributed by atoms with van der Waals surface area (Å²) in [6.45, 7) is 2.10. The van der Waals surface area contributed by atoms with Gasteiger partial charge >= 0.3 is 0 Å². The zero-order valence-electron chi connectivity index (χ0n) is 15.2. The second-order valence-electron chi connectivity index (χ2n) is 7.48. The number of aromatic amines is 1. The van der Waals surface area contributed by atoms with Crippen LogP contribution in [0, 0.1) is 0 Å². The Labute approximate surface area is 158 Å². The van der Waals surface area contributed by atoms with E-state index in [0.29, 0.717) is 19.0 Å². The number of hydrogen-bond donors (Lipinski definition) is 1. The number of carbonyl (C=O) groups excluding carboxylic acids is 1. The van der Waals surface area contributed by atoms with Gasteiger partial charge in [-0.05, 0) is 48.1 Å². The van der Waals surface area contributed by atoms with Gasteiger partial charge in [0, 0.05) is 25.6 Å². The number of H-pyrrole nitrogens is 1. The van der Waals surface area contributed by atoms with Crippen molar-refractivity contribution >= 4 is 17.2 Å². The second-order valence-corrected chi connectivity index (χ2v) is 8.26. The Morgan fingerprint density at radius 1 is 1.27 bits per heavy atom. The molecule has 0 radical (unpaired) electrons. The topological polar surface area (TPSA) is 58.2 Å². The third kappa shape index (κ3) is 4.01. The summed E-state index contributed by atoms with van der Waals surface area (Å²) in [5.41, 5.74) is 2.98. The average Bonchev–Trinajstić information content (AvgIpc) is 3.43. The summed E-state index contributed by atoms with van der Waals surface area (Å²) >= 11 is 1.67. The molecule has 2 fully saturated rings. The summed E-state index contributed by atoms with van der Waals surface area (Å²) in [6, 6.07) is 2.10. The molecule has 4 rings (SSSR count). The van der Waals surface area contributed by atoms with Crippen LogP contribution in [-0.2, 0) is 11.3 Å². The molecule has 2 aromatic heterocycles. The lowest BCUT2D eigenvalue weighted by atomic mass is 9.85. The van der Waals surface area contributed by atoms with Crippen molar-refractivity contribution in [3.63, 3.8) is 0 Å². The van der Waals surface area contributed by atoms with E-state index in [9.17, 15) is 4.79 Å². The lowest BCUT2D eigenvalue weighted by Crippen LogP contribution is -2.37. The summed E-state index contributed by atoms with van der Waals surface area (Å²) in [4.78, 5) is 15.4. The van der Waals surface area contributed by atoms with E-state index in [4.69, 9.17) is 4.74 Å². The highest BCUT2D eigenvalue weighted by Gasteiger charge is 2.28. The van der Waals surface area contributed by atoms with Crippen molar-refractivity contribution in [1.82, 2.24) is 15.1 Å². The summed E-state index contributed by atoms with van der Waals surface area (Å²) < 4.78 is 5.80. The molecule has 0 aromatic carbocycles. The maximum Gasteiger partial charge on any atom is 0.257 e. The molecule has 2 aromatic rings. The van der Waals surface area contributed by atoms with Crippen molar-refractivity contribution in [2.45, 2.75) is 63.5 Å². The van der Waals surface area contributed by atoms with Gasteiger partial charge < -0.3 is 9.64 Å². The first-order chi connectivity index (χ1) is 12.8. The van der Waals surface area contributed by atoms with Crippen LogP contribution in [0.3, 0.4) is 0 Å². The molecule has 26 heavy (non-hydrogen) atoms. The summed E-state index contributed by atoms with van der Waals surface area (Å²) in [6.07, 6.45) is 10.1. The van der Waals surface area contributed by atoms with Crippen molar-refractivity contribution in [2.24, 2.45) is 0 Å². The minimum atomic E-state index is 0.0843. The molecule has 1 saturated heterocycles. The molecule has 5 nitrogen and oxygen atoms in total. The fourth-order valence-electron chi connectivity index (χ4n) is 4.20. The van der Waals surface area contributed by atoms with Crippen molar-refractivity contribution in [3.05, 3.63) is 39.8 Å². The van der Waals surface area contributed by atoms with E-state index in [1.165, 1.54) is 24.8 Å². The molecule has 6 heteroatoms. The molecule has 3 heterocycles. The van der Waals surface area contributed by atoms with E-state index in [-0.39, 0.29) is 12.0 Å². The van der Waals surface area contributed by atoms with Gasteiger partial charge in [-0.1, -0.05) is 19.3 Å². The highest BCUT2D eigenvalue weighted by atomic mass is 32.1. The summed E-state index contributed by atoms with van der Waals surface area (Å²) in [7, 11) is 0. The number of nitrogens with one attached hydrogen (secondary N) is 1. The first kappa shape index (κ1) is 17.7. The minimum Gasteiger partial charge on any atom is -0.376 e. The SMILES string of the molecule is O=C(c1cn[nH]c1C1CCCCC1)N(Cc1ccsc1)C[C@H]1CCCO1. The van der Waals surface area contributed by atoms with Crippen molar-refractivity contribution < 1.29 is 9.53 Å². The summed E-state index contributed by atoms with van der Waals surface area (Å²) in [5.74, 6) is 0.525. The predicted octanol–water partition coefficient (Wildman–Crippen LogP) is 4.34. The van der Waals surface area contributed by atoms with E-state index in [1.54, 1.807) is 17.5 Å². The molecule has 140 valence electrons. The Bertz CT molecular complexity index is 700. The van der Waals surface area contributed by atoms with E-state index >= 15 is 0 Å². The summed E-state index contributed by atoms with van der Waals surface area (Å²) in [5, 5.41) is 11.5. The molecule has 1 aliphatic heterocycles. The van der Waals surface area contributed by atoms with Gasteiger partial charge in [-0.2, -0.15) is 16.4 Å². The molecule has 0 unspecified atom stereocenters. The number of rotatable bonds is 6. The Morgan fingerprint density at radius 2 is 2.15 bits per heavy atom. The van der Waals surface area contributed by atoms with Crippen LogP contribution in [0.25, 0.3) is 0 Å². The van der Waals surface area contributed by atoms with Crippen LogP contribution in [0.5, 0.6) is 0 Å². The maximum atomic E-state index is 13.4. The van der Waals surface area contributed by atoms with Crippen molar-refractivity contribution in [1.29, 1.82) is 0 Å². The van der Waals surface area contributed by atoms with E-state index in [0.717, 1.165) is 43.5 Å². The van der Waals surface area contributed by atoms with E-state index in [1.807, 2.05) is 4.90 Å². The van der Waals surface area contributed by atoms with Crippen LogP contribution in [-0.4, -0.2) is 40.3 Å². The zero-order valence-corrected chi connectivity index (χ0v) is 16.0. The number of aromatic nitrogens is 2. The van der Waals surface area contributed by atoms with Gasteiger partial charge in [0.25, 0.3) is 5.91 Å². The molecule has 1 N–H and O–H groups in total. The number of carbonyl (C=O) groups is 1. The smallest absolute Gasteiger partial charge is 0.257 e. The van der Waals surface area contributed by atoms with Crippen molar-refractivity contribution in [2.75, 3.05) is 13.2 Å². The van der Waals surface area contributed by atoms with Gasteiger partial charge in [0.05, 0.1) is 23.6 Å². The zero-order chi connectivity index (χ0) is 17.8. The van der Waals surface area contributed by atoms with Gasteiger partial charge in [0.1, 0.15) is 0 Å². The monoisotopic (exact) mass is 373 g/mol. The fraction of sp³-hybridized carbons (Fsp3) is 0.600. The lowest BCUT2D eigenvalue weighted by Gasteiger charge is -2.27. The predicted molar refractivity (Wildman–Crippen MR) is 102 cm³/mol. The Balaban J connectivity index is 1.54. The molecule has 1 atom stereocenters. The lowest BCUT2D eigenvalue weighted by molar-refractivity contribution is 0.0506. The first-order valence-corrected chi connectivity index (χ1v) is 10.7. The molecule has 1 aliphatic carbocycles. The molecular weight excluding hydrogens is 346 g/mol. The van der Waals surface area contributed by atoms with E-state index in [2.05, 4.69) is 27.0 Å². The van der Waals surface area contributed by atoms with Crippen LogP contribution in [0.4, 0.5) is 0 Å². The first-order valence-electron chi connectivity index (χ1n) is 9.76. The molecule has 1 amide bonds. The van der Waals surface area contributed by atoms with Gasteiger partial charge in [-0.25, -0.2) is 0 Å². The van der Waals surface area contributed by atoms with Crippen LogP contribution < -0.4 is 0 Å². The molecular formula is C20H27N3O2S. The quantitative estimate of drug-likeness (QED) is 0.819. The highest BCUT2D eigenvalue weighted by Crippen LogP contribution is 2.33. The van der Waals surface area contributed by atoms with Gasteiger partial charge in [-0.3, -0.25) is 9.89 Å². The average molecular weight is 374 g/mol. The fourth-order valence-corrected chi connectivity index (χ4v) is 4.86. The Kier molecular flexibility index (Phi) is 5.70. The molecule has 1 saturated carbocycles. The Morgan fingerprint density at radius 3 is 2.88 bits per heavy atom. The van der Waals surface area contributed by atoms with Gasteiger partial charge in [0.2, 0.25) is 0 Å². The van der Waals surface area contributed by atoms with Crippen LogP contribution >= 0.6 is 11.3 Å². The molecule has 0 bridgehead atoms. The van der Waals surface area contributed by atoms with Gasteiger partial charge in [0.15, 0.2) is 0 Å². The maximum absolute atomic E-state index is 13.4. The number of ether oxygens (including phenoxy) is 1. The second kappa shape index (κ2) is 8.35. The number of hydrogen-bond acceptors (Lipinski definition) is 4. The normalized spacial score (nSPS) is 21.2. The van der Waals surface area contributed by atoms with Gasteiger partial charge in [-0.15, -0.1) is 0 Å². The van der Waals surface area contributed by atoms with Crippen LogP contribution in [0.1, 0.15) is 72.5 Å². The minimum absolute atomic E-state index is 0.0843. The van der Waals surface area contributed by atoms with Crippen LogP contribution in [0.15, 0.2) is 23.0 Å².